The minimum atomic E-state index is -0.540. The lowest BCUT2D eigenvalue weighted by atomic mass is 10.1. The van der Waals surface area contributed by atoms with Crippen molar-refractivity contribution >= 4 is 29.4 Å². The van der Waals surface area contributed by atoms with E-state index >= 15 is 0 Å². The van der Waals surface area contributed by atoms with E-state index in [2.05, 4.69) is 10.5 Å². The van der Waals surface area contributed by atoms with Gasteiger partial charge in [-0.2, -0.15) is 0 Å². The Bertz CT molecular complexity index is 525. The van der Waals surface area contributed by atoms with Crippen molar-refractivity contribution < 1.29 is 14.8 Å². The van der Waals surface area contributed by atoms with Crippen LogP contribution in [0.25, 0.3) is 0 Å². The lowest BCUT2D eigenvalue weighted by Gasteiger charge is -2.18. The molecule has 0 bridgehead atoms. The summed E-state index contributed by atoms with van der Waals surface area (Å²) in [6.45, 7) is 2.11. The quantitative estimate of drug-likeness (QED) is 0.464. The van der Waals surface area contributed by atoms with Crippen molar-refractivity contribution in [3.63, 3.8) is 0 Å². The van der Waals surface area contributed by atoms with E-state index in [9.17, 15) is 9.59 Å². The SMILES string of the molecule is CC(=O)N1CCc2cccc(NC(=O)C=NO)c21. The van der Waals surface area contributed by atoms with Crippen molar-refractivity contribution in [2.45, 2.75) is 13.3 Å². The van der Waals surface area contributed by atoms with Gasteiger partial charge in [-0.25, -0.2) is 0 Å². The Morgan fingerprint density at radius 3 is 2.94 bits per heavy atom. The lowest BCUT2D eigenvalue weighted by Crippen LogP contribution is -2.27. The molecule has 0 fully saturated rings. The third-order valence-corrected chi connectivity index (χ3v) is 2.81. The van der Waals surface area contributed by atoms with Crippen LogP contribution in [0.15, 0.2) is 23.4 Å². The highest BCUT2D eigenvalue weighted by atomic mass is 16.4. The largest absolute Gasteiger partial charge is 0.411 e. The second-order valence-electron chi connectivity index (χ2n) is 3.97. The van der Waals surface area contributed by atoms with Crippen LogP contribution in [0, 0.1) is 0 Å². The number of rotatable bonds is 2. The molecular weight excluding hydrogens is 234 g/mol. The number of oxime groups is 1. The number of benzene rings is 1. The fourth-order valence-electron chi connectivity index (χ4n) is 2.09. The number of amides is 2. The zero-order valence-corrected chi connectivity index (χ0v) is 9.88. The number of nitrogens with one attached hydrogen (secondary N) is 1. The maximum absolute atomic E-state index is 11.5. The first-order valence-corrected chi connectivity index (χ1v) is 5.52. The van der Waals surface area contributed by atoms with E-state index in [0.29, 0.717) is 12.2 Å². The Balaban J connectivity index is 2.35. The fourth-order valence-corrected chi connectivity index (χ4v) is 2.09. The highest BCUT2D eigenvalue weighted by molar-refractivity contribution is 6.32. The van der Waals surface area contributed by atoms with E-state index in [0.717, 1.165) is 23.9 Å². The highest BCUT2D eigenvalue weighted by Crippen LogP contribution is 2.35. The van der Waals surface area contributed by atoms with Crippen molar-refractivity contribution in [2.75, 3.05) is 16.8 Å². The molecule has 1 aromatic carbocycles. The van der Waals surface area contributed by atoms with Crippen LogP contribution in [0.5, 0.6) is 0 Å². The molecule has 0 aliphatic carbocycles. The van der Waals surface area contributed by atoms with E-state index in [1.807, 2.05) is 12.1 Å². The summed E-state index contributed by atoms with van der Waals surface area (Å²) >= 11 is 0. The molecular formula is C12H13N3O3. The summed E-state index contributed by atoms with van der Waals surface area (Å²) in [4.78, 5) is 24.5. The Labute approximate surface area is 104 Å². The molecule has 0 spiro atoms. The molecule has 0 atom stereocenters. The van der Waals surface area contributed by atoms with Gasteiger partial charge in [-0.3, -0.25) is 9.59 Å². The Kier molecular flexibility index (Phi) is 3.27. The van der Waals surface area contributed by atoms with Gasteiger partial charge in [0.2, 0.25) is 5.91 Å². The van der Waals surface area contributed by atoms with E-state index in [1.54, 1.807) is 11.0 Å². The molecule has 1 aliphatic rings. The van der Waals surface area contributed by atoms with Crippen molar-refractivity contribution in [3.8, 4) is 0 Å². The van der Waals surface area contributed by atoms with Gasteiger partial charge in [-0.05, 0) is 18.1 Å². The van der Waals surface area contributed by atoms with Crippen LogP contribution in [0.1, 0.15) is 12.5 Å². The molecule has 0 saturated heterocycles. The molecule has 1 aliphatic heterocycles. The van der Waals surface area contributed by atoms with Crippen molar-refractivity contribution in [2.24, 2.45) is 5.16 Å². The molecule has 6 nitrogen and oxygen atoms in total. The number of para-hydroxylation sites is 1. The van der Waals surface area contributed by atoms with Crippen LogP contribution < -0.4 is 10.2 Å². The maximum atomic E-state index is 11.5. The lowest BCUT2D eigenvalue weighted by molar-refractivity contribution is -0.116. The molecule has 0 unspecified atom stereocenters. The minimum absolute atomic E-state index is 0.0636. The number of anilines is 2. The van der Waals surface area contributed by atoms with Gasteiger partial charge in [0.15, 0.2) is 0 Å². The predicted molar refractivity (Wildman–Crippen MR) is 67.1 cm³/mol. The Morgan fingerprint density at radius 1 is 1.50 bits per heavy atom. The predicted octanol–water partition coefficient (Wildman–Crippen LogP) is 0.994. The summed E-state index contributed by atoms with van der Waals surface area (Å²) in [5, 5.41) is 13.5. The van der Waals surface area contributed by atoms with Crippen molar-refractivity contribution in [1.82, 2.24) is 0 Å². The van der Waals surface area contributed by atoms with Gasteiger partial charge in [0, 0.05) is 13.5 Å². The molecule has 6 heteroatoms. The first-order chi connectivity index (χ1) is 8.63. The first kappa shape index (κ1) is 12.1. The minimum Gasteiger partial charge on any atom is -0.411 e. The standard InChI is InChI=1S/C12H13N3O3/c1-8(16)15-6-5-9-3-2-4-10(12(9)15)14-11(17)7-13-18/h2-4,7,18H,5-6H2,1H3,(H,14,17). The molecule has 0 aromatic heterocycles. The summed E-state index contributed by atoms with van der Waals surface area (Å²) in [5.74, 6) is -0.604. The van der Waals surface area contributed by atoms with Crippen molar-refractivity contribution in [3.05, 3.63) is 23.8 Å². The number of hydrogen-bond acceptors (Lipinski definition) is 4. The van der Waals surface area contributed by atoms with E-state index in [-0.39, 0.29) is 5.91 Å². The zero-order valence-electron chi connectivity index (χ0n) is 9.88. The second-order valence-corrected chi connectivity index (χ2v) is 3.97. The van der Waals surface area contributed by atoms with Gasteiger partial charge in [0.25, 0.3) is 5.91 Å². The van der Waals surface area contributed by atoms with Crippen LogP contribution in [-0.4, -0.2) is 29.8 Å². The molecule has 0 saturated carbocycles. The topological polar surface area (TPSA) is 82.0 Å². The average molecular weight is 247 g/mol. The average Bonchev–Trinajstić information content (AvgIpc) is 2.74. The van der Waals surface area contributed by atoms with Crippen LogP contribution in [-0.2, 0) is 16.0 Å². The maximum Gasteiger partial charge on any atom is 0.270 e. The molecule has 1 aromatic rings. The third kappa shape index (κ3) is 2.17. The summed E-state index contributed by atoms with van der Waals surface area (Å²) in [7, 11) is 0. The Hall–Kier alpha value is -2.37. The monoisotopic (exact) mass is 247 g/mol. The van der Waals surface area contributed by atoms with Gasteiger partial charge in [-0.15, -0.1) is 0 Å². The fraction of sp³-hybridized carbons (Fsp3) is 0.250. The highest BCUT2D eigenvalue weighted by Gasteiger charge is 2.25. The molecule has 2 rings (SSSR count). The van der Waals surface area contributed by atoms with Gasteiger partial charge in [0.05, 0.1) is 11.4 Å². The molecule has 94 valence electrons. The van der Waals surface area contributed by atoms with Crippen LogP contribution in [0.3, 0.4) is 0 Å². The molecule has 2 amide bonds. The van der Waals surface area contributed by atoms with Gasteiger partial charge >= 0.3 is 0 Å². The van der Waals surface area contributed by atoms with Crippen LogP contribution in [0.4, 0.5) is 11.4 Å². The van der Waals surface area contributed by atoms with Crippen molar-refractivity contribution in [1.29, 1.82) is 0 Å². The number of carbonyl (C=O) groups excluding carboxylic acids is 2. The van der Waals surface area contributed by atoms with Gasteiger partial charge in [0.1, 0.15) is 6.21 Å². The molecule has 18 heavy (non-hydrogen) atoms. The molecule has 0 radical (unpaired) electrons. The number of nitrogens with zero attached hydrogens (tertiary/aromatic N) is 2. The van der Waals surface area contributed by atoms with E-state index in [1.165, 1.54) is 6.92 Å². The summed E-state index contributed by atoms with van der Waals surface area (Å²) in [6, 6.07) is 5.45. The van der Waals surface area contributed by atoms with E-state index in [4.69, 9.17) is 5.21 Å². The van der Waals surface area contributed by atoms with Crippen LogP contribution >= 0.6 is 0 Å². The summed E-state index contributed by atoms with van der Waals surface area (Å²) < 4.78 is 0. The first-order valence-electron chi connectivity index (χ1n) is 5.52. The normalized spacial score (nSPS) is 13.7. The number of carbonyl (C=O) groups is 2. The summed E-state index contributed by atoms with van der Waals surface area (Å²) in [5.41, 5.74) is 2.29. The zero-order chi connectivity index (χ0) is 13.1. The van der Waals surface area contributed by atoms with E-state index < -0.39 is 5.91 Å². The third-order valence-electron chi connectivity index (χ3n) is 2.81. The Morgan fingerprint density at radius 2 is 2.28 bits per heavy atom. The van der Waals surface area contributed by atoms with Crippen LogP contribution in [0.2, 0.25) is 0 Å². The van der Waals surface area contributed by atoms with Gasteiger partial charge < -0.3 is 15.4 Å². The second kappa shape index (κ2) is 4.87. The summed E-state index contributed by atoms with van der Waals surface area (Å²) in [6.07, 6.45) is 1.54. The molecule has 2 N–H and O–H groups in total. The number of fused-ring (bicyclic) bond motifs is 1. The molecule has 1 heterocycles. The number of hydrogen-bond donors (Lipinski definition) is 2. The smallest absolute Gasteiger partial charge is 0.270 e. The van der Waals surface area contributed by atoms with Gasteiger partial charge in [-0.1, -0.05) is 17.3 Å².